The molecule has 0 spiro atoms. The number of methoxy groups -OCH3 is 1. The zero-order chi connectivity index (χ0) is 15.9. The Morgan fingerprint density at radius 1 is 1.18 bits per heavy atom. The molecule has 22 heavy (non-hydrogen) atoms. The van der Waals surface area contributed by atoms with Crippen LogP contribution in [0.15, 0.2) is 42.5 Å². The minimum atomic E-state index is -0.344. The van der Waals surface area contributed by atoms with E-state index in [1.54, 1.807) is 31.4 Å². The number of ether oxygens (including phenoxy) is 2. The summed E-state index contributed by atoms with van der Waals surface area (Å²) < 4.78 is 24.1. The topological polar surface area (TPSA) is 47.6 Å². The van der Waals surface area contributed by atoms with E-state index in [1.165, 1.54) is 6.07 Å². The third-order valence-corrected chi connectivity index (χ3v) is 3.11. The van der Waals surface area contributed by atoms with E-state index in [9.17, 15) is 9.18 Å². The predicted octanol–water partition coefficient (Wildman–Crippen LogP) is 2.84. The van der Waals surface area contributed by atoms with Crippen LogP contribution >= 0.6 is 0 Å². The standard InChI is InChI=1S/C17H18FNO3/c1-12-7-8-15(16(9-12)21-2)22-11-17(20)19-10-13-5-3-4-6-14(13)18/h3-9H,10-11H2,1-2H3,(H,19,20). The van der Waals surface area contributed by atoms with Gasteiger partial charge in [-0.15, -0.1) is 0 Å². The summed E-state index contributed by atoms with van der Waals surface area (Å²) >= 11 is 0. The minimum absolute atomic E-state index is 0.125. The van der Waals surface area contributed by atoms with Crippen LogP contribution in [0.25, 0.3) is 0 Å². The van der Waals surface area contributed by atoms with Gasteiger partial charge in [-0.2, -0.15) is 0 Å². The Morgan fingerprint density at radius 3 is 2.68 bits per heavy atom. The highest BCUT2D eigenvalue weighted by Gasteiger charge is 2.08. The van der Waals surface area contributed by atoms with E-state index >= 15 is 0 Å². The molecule has 5 heteroatoms. The first kappa shape index (κ1) is 15.8. The van der Waals surface area contributed by atoms with Gasteiger partial charge in [0.25, 0.3) is 5.91 Å². The van der Waals surface area contributed by atoms with Crippen LogP contribution in [0.2, 0.25) is 0 Å². The minimum Gasteiger partial charge on any atom is -0.493 e. The molecule has 1 amide bonds. The maximum atomic E-state index is 13.4. The number of carbonyl (C=O) groups is 1. The van der Waals surface area contributed by atoms with Crippen LogP contribution in [0.3, 0.4) is 0 Å². The number of halogens is 1. The molecule has 0 atom stereocenters. The Hall–Kier alpha value is -2.56. The third kappa shape index (κ3) is 4.22. The van der Waals surface area contributed by atoms with Crippen LogP contribution in [0.1, 0.15) is 11.1 Å². The molecule has 2 rings (SSSR count). The molecule has 2 aromatic carbocycles. The molecule has 0 unspecified atom stereocenters. The second kappa shape index (κ2) is 7.45. The van der Waals surface area contributed by atoms with Gasteiger partial charge >= 0.3 is 0 Å². The van der Waals surface area contributed by atoms with Crippen molar-refractivity contribution in [3.8, 4) is 11.5 Å². The summed E-state index contributed by atoms with van der Waals surface area (Å²) in [6.07, 6.45) is 0. The Balaban J connectivity index is 1.87. The highest BCUT2D eigenvalue weighted by molar-refractivity contribution is 5.77. The van der Waals surface area contributed by atoms with Gasteiger partial charge in [0.15, 0.2) is 18.1 Å². The number of carbonyl (C=O) groups excluding carboxylic acids is 1. The fourth-order valence-electron chi connectivity index (χ4n) is 1.92. The van der Waals surface area contributed by atoms with Gasteiger partial charge in [0, 0.05) is 12.1 Å². The van der Waals surface area contributed by atoms with Gasteiger partial charge in [0.2, 0.25) is 0 Å². The van der Waals surface area contributed by atoms with E-state index < -0.39 is 0 Å². The molecule has 0 saturated carbocycles. The molecule has 0 aliphatic heterocycles. The highest BCUT2D eigenvalue weighted by Crippen LogP contribution is 2.27. The quantitative estimate of drug-likeness (QED) is 0.892. The van der Waals surface area contributed by atoms with Crippen LogP contribution in [0, 0.1) is 12.7 Å². The molecule has 0 fully saturated rings. The summed E-state index contributed by atoms with van der Waals surface area (Å²) in [7, 11) is 1.54. The summed E-state index contributed by atoms with van der Waals surface area (Å²) in [5, 5.41) is 2.61. The van der Waals surface area contributed by atoms with Gasteiger partial charge < -0.3 is 14.8 Å². The van der Waals surface area contributed by atoms with Crippen molar-refractivity contribution in [1.29, 1.82) is 0 Å². The molecule has 4 nitrogen and oxygen atoms in total. The van der Waals surface area contributed by atoms with E-state index in [0.29, 0.717) is 17.1 Å². The van der Waals surface area contributed by atoms with Gasteiger partial charge in [-0.25, -0.2) is 4.39 Å². The smallest absolute Gasteiger partial charge is 0.258 e. The maximum absolute atomic E-state index is 13.4. The Labute approximate surface area is 128 Å². The number of hydrogen-bond acceptors (Lipinski definition) is 3. The number of nitrogens with one attached hydrogen (secondary N) is 1. The molecular formula is C17H18FNO3. The second-order valence-corrected chi connectivity index (χ2v) is 4.81. The van der Waals surface area contributed by atoms with Gasteiger partial charge in [0.05, 0.1) is 7.11 Å². The summed E-state index contributed by atoms with van der Waals surface area (Å²) in [5.41, 5.74) is 1.47. The van der Waals surface area contributed by atoms with Crippen molar-refractivity contribution in [3.05, 3.63) is 59.4 Å². The lowest BCUT2D eigenvalue weighted by Crippen LogP contribution is -2.28. The number of hydrogen-bond donors (Lipinski definition) is 1. The second-order valence-electron chi connectivity index (χ2n) is 4.81. The molecule has 0 aliphatic carbocycles. The fraction of sp³-hybridized carbons (Fsp3) is 0.235. The van der Waals surface area contributed by atoms with Crippen molar-refractivity contribution in [2.24, 2.45) is 0 Å². The van der Waals surface area contributed by atoms with Gasteiger partial charge in [0.1, 0.15) is 5.82 Å². The average molecular weight is 303 g/mol. The molecule has 116 valence electrons. The summed E-state index contributed by atoms with van der Waals surface area (Å²) in [5.74, 6) is 0.394. The Bertz CT molecular complexity index is 658. The lowest BCUT2D eigenvalue weighted by atomic mass is 10.2. The first-order valence-corrected chi connectivity index (χ1v) is 6.87. The molecule has 0 bridgehead atoms. The number of aryl methyl sites for hydroxylation is 1. The molecule has 0 aromatic heterocycles. The van der Waals surface area contributed by atoms with E-state index in [1.807, 2.05) is 19.1 Å². The number of benzene rings is 2. The third-order valence-electron chi connectivity index (χ3n) is 3.11. The van der Waals surface area contributed by atoms with Crippen molar-refractivity contribution in [3.63, 3.8) is 0 Å². The highest BCUT2D eigenvalue weighted by atomic mass is 19.1. The van der Waals surface area contributed by atoms with Crippen LogP contribution in [0.4, 0.5) is 4.39 Å². The lowest BCUT2D eigenvalue weighted by Gasteiger charge is -2.11. The van der Waals surface area contributed by atoms with Crippen LogP contribution in [0.5, 0.6) is 11.5 Å². The maximum Gasteiger partial charge on any atom is 0.258 e. The van der Waals surface area contributed by atoms with Crippen LogP contribution in [-0.4, -0.2) is 19.6 Å². The molecule has 0 aliphatic rings. The normalized spacial score (nSPS) is 10.1. The number of rotatable bonds is 6. The van der Waals surface area contributed by atoms with Crippen molar-refractivity contribution >= 4 is 5.91 Å². The van der Waals surface area contributed by atoms with Crippen LogP contribution < -0.4 is 14.8 Å². The summed E-state index contributed by atoms with van der Waals surface area (Å²) in [4.78, 5) is 11.8. The first-order valence-electron chi connectivity index (χ1n) is 6.87. The number of amides is 1. The molecule has 0 heterocycles. The van der Waals surface area contributed by atoms with Crippen LogP contribution in [-0.2, 0) is 11.3 Å². The molecule has 0 radical (unpaired) electrons. The molecule has 0 saturated heterocycles. The van der Waals surface area contributed by atoms with E-state index in [4.69, 9.17) is 9.47 Å². The van der Waals surface area contributed by atoms with Gasteiger partial charge in [-0.05, 0) is 30.7 Å². The summed E-state index contributed by atoms with van der Waals surface area (Å²) in [6, 6.07) is 11.8. The van der Waals surface area contributed by atoms with E-state index in [-0.39, 0.29) is 24.9 Å². The monoisotopic (exact) mass is 303 g/mol. The first-order chi connectivity index (χ1) is 10.6. The predicted molar refractivity (Wildman–Crippen MR) is 81.5 cm³/mol. The van der Waals surface area contributed by atoms with E-state index in [0.717, 1.165) is 5.56 Å². The van der Waals surface area contributed by atoms with Crippen molar-refractivity contribution in [1.82, 2.24) is 5.32 Å². The molecular weight excluding hydrogens is 285 g/mol. The Morgan fingerprint density at radius 2 is 1.95 bits per heavy atom. The zero-order valence-corrected chi connectivity index (χ0v) is 12.6. The average Bonchev–Trinajstić information content (AvgIpc) is 2.52. The summed E-state index contributed by atoms with van der Waals surface area (Å²) in [6.45, 7) is 1.90. The van der Waals surface area contributed by atoms with Crippen molar-refractivity contribution in [2.45, 2.75) is 13.5 Å². The van der Waals surface area contributed by atoms with E-state index in [2.05, 4.69) is 5.32 Å². The van der Waals surface area contributed by atoms with Gasteiger partial charge in [-0.1, -0.05) is 24.3 Å². The Kier molecular flexibility index (Phi) is 5.36. The largest absolute Gasteiger partial charge is 0.493 e. The van der Waals surface area contributed by atoms with Crippen molar-refractivity contribution in [2.75, 3.05) is 13.7 Å². The zero-order valence-electron chi connectivity index (χ0n) is 12.6. The van der Waals surface area contributed by atoms with Gasteiger partial charge in [-0.3, -0.25) is 4.79 Å². The SMILES string of the molecule is COc1cc(C)ccc1OCC(=O)NCc1ccccc1F. The molecule has 1 N–H and O–H groups in total. The van der Waals surface area contributed by atoms with Crippen molar-refractivity contribution < 1.29 is 18.7 Å². The lowest BCUT2D eigenvalue weighted by molar-refractivity contribution is -0.123. The molecule has 2 aromatic rings. The fourth-order valence-corrected chi connectivity index (χ4v) is 1.92.